The molecule has 0 unspecified atom stereocenters. The Morgan fingerprint density at radius 1 is 1.39 bits per heavy atom. The van der Waals surface area contributed by atoms with Crippen LogP contribution in [0.3, 0.4) is 0 Å². The molecule has 1 heterocycles. The maximum atomic E-state index is 11.8. The molecule has 1 aliphatic heterocycles. The van der Waals surface area contributed by atoms with Crippen LogP contribution in [0.2, 0.25) is 0 Å². The Balaban J connectivity index is 1.77. The quantitative estimate of drug-likeness (QED) is 0.759. The first-order valence-corrected chi connectivity index (χ1v) is 9.78. The molecular weight excluding hydrogens is 386 g/mol. The van der Waals surface area contributed by atoms with Crippen molar-refractivity contribution < 1.29 is 22.7 Å². The van der Waals surface area contributed by atoms with Crippen LogP contribution < -0.4 is 5.32 Å². The van der Waals surface area contributed by atoms with Gasteiger partial charge in [-0.05, 0) is 43.0 Å². The number of aryl methyl sites for hydroxylation is 1. The van der Waals surface area contributed by atoms with Crippen LogP contribution in [0.15, 0.2) is 22.7 Å². The Kier molecular flexibility index (Phi) is 5.80. The SMILES string of the molecule is Cc1cc(Br)ccc1NC(=O)COC(=O)C[C@H]1CCS(=O)(=O)C1. The summed E-state index contributed by atoms with van der Waals surface area (Å²) in [4.78, 5) is 23.5. The summed E-state index contributed by atoms with van der Waals surface area (Å²) in [6.07, 6.45) is 0.505. The third-order valence-electron chi connectivity index (χ3n) is 3.61. The molecule has 1 atom stereocenters. The summed E-state index contributed by atoms with van der Waals surface area (Å²) in [6.45, 7) is 1.47. The molecule has 1 aromatic rings. The molecule has 2 rings (SSSR count). The fourth-order valence-corrected chi connectivity index (χ4v) is 4.76. The number of carbonyl (C=O) groups excluding carboxylic acids is 2. The lowest BCUT2D eigenvalue weighted by Gasteiger charge is -2.10. The van der Waals surface area contributed by atoms with E-state index in [0.717, 1.165) is 10.0 Å². The Morgan fingerprint density at radius 3 is 2.74 bits per heavy atom. The number of hydrogen-bond donors (Lipinski definition) is 1. The highest BCUT2D eigenvalue weighted by Gasteiger charge is 2.29. The minimum atomic E-state index is -3.01. The number of amides is 1. The smallest absolute Gasteiger partial charge is 0.306 e. The van der Waals surface area contributed by atoms with Crippen LogP contribution in [-0.2, 0) is 24.2 Å². The van der Waals surface area contributed by atoms with Gasteiger partial charge in [0.15, 0.2) is 16.4 Å². The molecule has 1 saturated heterocycles. The predicted octanol–water partition coefficient (Wildman–Crippen LogP) is 2.06. The number of rotatable bonds is 5. The van der Waals surface area contributed by atoms with E-state index in [1.165, 1.54) is 0 Å². The zero-order chi connectivity index (χ0) is 17.0. The van der Waals surface area contributed by atoms with Crippen molar-refractivity contribution in [2.75, 3.05) is 23.4 Å². The molecule has 0 saturated carbocycles. The highest BCUT2D eigenvalue weighted by Crippen LogP contribution is 2.22. The molecule has 0 radical (unpaired) electrons. The Bertz CT molecular complexity index is 717. The molecule has 23 heavy (non-hydrogen) atoms. The van der Waals surface area contributed by atoms with Gasteiger partial charge in [-0.25, -0.2) is 8.42 Å². The minimum Gasteiger partial charge on any atom is -0.456 e. The Labute approximate surface area is 143 Å². The zero-order valence-electron chi connectivity index (χ0n) is 12.7. The summed E-state index contributed by atoms with van der Waals surface area (Å²) in [5.74, 6) is -1.04. The first kappa shape index (κ1) is 17.9. The van der Waals surface area contributed by atoms with Crippen molar-refractivity contribution in [3.63, 3.8) is 0 Å². The zero-order valence-corrected chi connectivity index (χ0v) is 15.1. The van der Waals surface area contributed by atoms with Crippen LogP contribution in [0.4, 0.5) is 5.69 Å². The molecule has 0 aromatic heterocycles. The second-order valence-corrected chi connectivity index (χ2v) is 8.79. The van der Waals surface area contributed by atoms with E-state index in [4.69, 9.17) is 4.74 Å². The fourth-order valence-electron chi connectivity index (χ4n) is 2.43. The van der Waals surface area contributed by atoms with Gasteiger partial charge in [-0.3, -0.25) is 9.59 Å². The van der Waals surface area contributed by atoms with Crippen molar-refractivity contribution in [2.24, 2.45) is 5.92 Å². The Morgan fingerprint density at radius 2 is 2.13 bits per heavy atom. The van der Waals surface area contributed by atoms with Gasteiger partial charge in [0.1, 0.15) is 0 Å². The summed E-state index contributed by atoms with van der Waals surface area (Å²) < 4.78 is 28.5. The molecule has 8 heteroatoms. The maximum Gasteiger partial charge on any atom is 0.306 e. The number of esters is 1. The van der Waals surface area contributed by atoms with Crippen molar-refractivity contribution in [3.8, 4) is 0 Å². The van der Waals surface area contributed by atoms with E-state index in [0.29, 0.717) is 12.1 Å². The molecule has 1 fully saturated rings. The largest absolute Gasteiger partial charge is 0.456 e. The van der Waals surface area contributed by atoms with Crippen LogP contribution >= 0.6 is 15.9 Å². The third-order valence-corrected chi connectivity index (χ3v) is 5.94. The third kappa shape index (κ3) is 5.62. The summed E-state index contributed by atoms with van der Waals surface area (Å²) in [5, 5.41) is 2.67. The van der Waals surface area contributed by atoms with Crippen molar-refractivity contribution in [2.45, 2.75) is 19.8 Å². The number of carbonyl (C=O) groups is 2. The molecule has 0 spiro atoms. The van der Waals surface area contributed by atoms with Gasteiger partial charge in [0, 0.05) is 16.6 Å². The van der Waals surface area contributed by atoms with E-state index in [-0.39, 0.29) is 30.5 Å². The van der Waals surface area contributed by atoms with Crippen LogP contribution in [-0.4, -0.2) is 38.4 Å². The molecule has 1 N–H and O–H groups in total. The van der Waals surface area contributed by atoms with Gasteiger partial charge in [-0.1, -0.05) is 15.9 Å². The van der Waals surface area contributed by atoms with Crippen LogP contribution in [0, 0.1) is 12.8 Å². The Hall–Kier alpha value is -1.41. The molecular formula is C15H18BrNO5S. The lowest BCUT2D eigenvalue weighted by Crippen LogP contribution is -2.22. The number of hydrogen-bond acceptors (Lipinski definition) is 5. The molecule has 0 bridgehead atoms. The molecule has 1 aromatic carbocycles. The molecule has 6 nitrogen and oxygen atoms in total. The summed E-state index contributed by atoms with van der Waals surface area (Å²) >= 11 is 3.34. The van der Waals surface area contributed by atoms with E-state index < -0.39 is 21.7 Å². The molecule has 126 valence electrons. The van der Waals surface area contributed by atoms with Gasteiger partial charge in [0.2, 0.25) is 0 Å². The average Bonchev–Trinajstić information content (AvgIpc) is 2.79. The highest BCUT2D eigenvalue weighted by atomic mass is 79.9. The molecule has 1 aliphatic rings. The normalized spacial score (nSPS) is 19.3. The fraction of sp³-hybridized carbons (Fsp3) is 0.467. The lowest BCUT2D eigenvalue weighted by atomic mass is 10.1. The van der Waals surface area contributed by atoms with Crippen molar-refractivity contribution in [3.05, 3.63) is 28.2 Å². The maximum absolute atomic E-state index is 11.8. The van der Waals surface area contributed by atoms with Crippen LogP contribution in [0.1, 0.15) is 18.4 Å². The van der Waals surface area contributed by atoms with E-state index >= 15 is 0 Å². The van der Waals surface area contributed by atoms with E-state index in [9.17, 15) is 18.0 Å². The van der Waals surface area contributed by atoms with Crippen molar-refractivity contribution in [1.29, 1.82) is 0 Å². The van der Waals surface area contributed by atoms with E-state index in [1.807, 2.05) is 13.0 Å². The minimum absolute atomic E-state index is 0.0202. The number of nitrogens with one attached hydrogen (secondary N) is 1. The van der Waals surface area contributed by atoms with Gasteiger partial charge in [-0.15, -0.1) is 0 Å². The average molecular weight is 404 g/mol. The molecule has 0 aliphatic carbocycles. The summed E-state index contributed by atoms with van der Waals surface area (Å²) in [7, 11) is -3.01. The topological polar surface area (TPSA) is 89.5 Å². The van der Waals surface area contributed by atoms with Gasteiger partial charge in [0.25, 0.3) is 5.91 Å². The van der Waals surface area contributed by atoms with Gasteiger partial charge >= 0.3 is 5.97 Å². The summed E-state index contributed by atoms with van der Waals surface area (Å²) in [5.41, 5.74) is 1.53. The summed E-state index contributed by atoms with van der Waals surface area (Å²) in [6, 6.07) is 5.42. The van der Waals surface area contributed by atoms with Gasteiger partial charge < -0.3 is 10.1 Å². The monoisotopic (exact) mass is 403 g/mol. The number of anilines is 1. The van der Waals surface area contributed by atoms with E-state index in [2.05, 4.69) is 21.2 Å². The second kappa shape index (κ2) is 7.44. The number of ether oxygens (including phenoxy) is 1. The standard InChI is InChI=1S/C15H18BrNO5S/c1-10-6-12(16)2-3-13(10)17-14(18)8-22-15(19)7-11-4-5-23(20,21)9-11/h2-3,6,11H,4-5,7-9H2,1H3,(H,17,18)/t11-/m1/s1. The predicted molar refractivity (Wildman–Crippen MR) is 89.8 cm³/mol. The van der Waals surface area contributed by atoms with Crippen LogP contribution in [0.25, 0.3) is 0 Å². The first-order valence-electron chi connectivity index (χ1n) is 7.17. The number of halogens is 1. The number of benzene rings is 1. The van der Waals surface area contributed by atoms with Crippen molar-refractivity contribution in [1.82, 2.24) is 0 Å². The first-order chi connectivity index (χ1) is 10.7. The molecule has 1 amide bonds. The van der Waals surface area contributed by atoms with Crippen LogP contribution in [0.5, 0.6) is 0 Å². The van der Waals surface area contributed by atoms with E-state index in [1.54, 1.807) is 12.1 Å². The van der Waals surface area contributed by atoms with Crippen molar-refractivity contribution >= 4 is 43.3 Å². The van der Waals surface area contributed by atoms with Gasteiger partial charge in [-0.2, -0.15) is 0 Å². The van der Waals surface area contributed by atoms with Gasteiger partial charge in [0.05, 0.1) is 11.5 Å². The second-order valence-electron chi connectivity index (χ2n) is 5.64. The number of sulfone groups is 1. The lowest BCUT2D eigenvalue weighted by molar-refractivity contribution is -0.148. The highest BCUT2D eigenvalue weighted by molar-refractivity contribution is 9.10.